The van der Waals surface area contributed by atoms with E-state index in [1.54, 1.807) is 59.5 Å². The quantitative estimate of drug-likeness (QED) is 0.104. The zero-order chi connectivity index (χ0) is 64.7. The van der Waals surface area contributed by atoms with Gasteiger partial charge in [0.25, 0.3) is 11.7 Å². The van der Waals surface area contributed by atoms with Crippen LogP contribution in [0.4, 0.5) is 22.5 Å². The van der Waals surface area contributed by atoms with Gasteiger partial charge >= 0.3 is 12.1 Å². The van der Waals surface area contributed by atoms with Gasteiger partial charge in [-0.25, -0.2) is 24.5 Å². The Hall–Kier alpha value is -6.54. The minimum absolute atomic E-state index is 0.0178. The number of carbonyl (C=O) groups excluding carboxylic acids is 6. The summed E-state index contributed by atoms with van der Waals surface area (Å²) in [6, 6.07) is -2.19. The number of carbonyl (C=O) groups is 6. The number of rotatable bonds is 11. The molecule has 7 rings (SSSR count). The van der Waals surface area contributed by atoms with Crippen LogP contribution in [0.1, 0.15) is 130 Å². The summed E-state index contributed by atoms with van der Waals surface area (Å²) in [5.41, 5.74) is 15.7. The van der Waals surface area contributed by atoms with Crippen molar-refractivity contribution in [1.82, 2.24) is 30.2 Å². The smallest absolute Gasteiger partial charge is 0.407 e. The fraction of sp³-hybridized carbons (Fsp3) is 0.662. The number of allylic oxidation sites excluding steroid dienone is 6. The highest BCUT2D eigenvalue weighted by Crippen LogP contribution is 2.38. The predicted molar refractivity (Wildman–Crippen MR) is 333 cm³/mol. The van der Waals surface area contributed by atoms with Crippen LogP contribution in [-0.4, -0.2) is 185 Å². The lowest BCUT2D eigenvalue weighted by Gasteiger charge is -2.42. The monoisotopic (exact) mass is 1240 g/mol. The fourth-order valence-electron chi connectivity index (χ4n) is 12.7. The number of cyclic esters (lactones) is 1. The maximum Gasteiger partial charge on any atom is 0.407 e. The molecule has 2 aromatic rings. The van der Waals surface area contributed by atoms with E-state index in [9.17, 15) is 39.0 Å². The van der Waals surface area contributed by atoms with Gasteiger partial charge in [-0.2, -0.15) is 4.98 Å². The van der Waals surface area contributed by atoms with Crippen LogP contribution < -0.4 is 26.6 Å². The molecule has 0 radical (unpaired) electrons. The zero-order valence-electron chi connectivity index (χ0n) is 53.6. The number of Topliss-reactive ketones (excluding diaryl/α,β-unsaturated/α-hetero) is 3. The summed E-state index contributed by atoms with van der Waals surface area (Å²) in [6.07, 6.45) is 13.3. The van der Waals surface area contributed by atoms with Crippen molar-refractivity contribution < 1.29 is 67.4 Å². The van der Waals surface area contributed by atoms with Crippen LogP contribution in [0.3, 0.4) is 0 Å². The minimum Gasteiger partial charge on any atom is -0.459 e. The first-order chi connectivity index (χ1) is 42.4. The van der Waals surface area contributed by atoms with Gasteiger partial charge in [0.2, 0.25) is 17.7 Å². The van der Waals surface area contributed by atoms with Crippen molar-refractivity contribution in [2.75, 3.05) is 69.6 Å². The van der Waals surface area contributed by atoms with Gasteiger partial charge in [0.05, 0.1) is 18.3 Å². The van der Waals surface area contributed by atoms with Gasteiger partial charge in [0.15, 0.2) is 5.78 Å². The molecule has 2 aromatic heterocycles. The van der Waals surface area contributed by atoms with E-state index >= 15 is 0 Å². The lowest BCUT2D eigenvalue weighted by molar-refractivity contribution is -0.265. The van der Waals surface area contributed by atoms with Crippen LogP contribution >= 0.6 is 0 Å². The molecule has 15 atom stereocenters. The number of nitrogens with zero attached hydrogens (tertiary/aromatic N) is 7. The van der Waals surface area contributed by atoms with Crippen molar-refractivity contribution >= 4 is 53.0 Å². The number of ketones is 3. The summed E-state index contributed by atoms with van der Waals surface area (Å²) >= 11 is 0. The number of aliphatic hydroxyl groups excluding tert-OH is 1. The first-order valence-electron chi connectivity index (χ1n) is 31.5. The average molecular weight is 1240 g/mol. The van der Waals surface area contributed by atoms with Crippen molar-refractivity contribution in [3.05, 3.63) is 77.3 Å². The number of anilines is 3. The molecule has 490 valence electrons. The molecule has 24 heteroatoms. The molecule has 3 saturated heterocycles. The van der Waals surface area contributed by atoms with Gasteiger partial charge in [-0.1, -0.05) is 64.2 Å². The molecule has 7 N–H and O–H groups in total. The minimum atomic E-state index is -2.49. The van der Waals surface area contributed by atoms with E-state index in [2.05, 4.69) is 35.1 Å². The Morgan fingerprint density at radius 2 is 1.51 bits per heavy atom. The number of piperazine rings is 1. The number of aliphatic hydroxyl groups is 2. The van der Waals surface area contributed by atoms with Crippen LogP contribution in [0, 0.1) is 36.5 Å². The summed E-state index contributed by atoms with van der Waals surface area (Å²) in [4.78, 5) is 108. The molecule has 4 aliphatic heterocycles. The van der Waals surface area contributed by atoms with Gasteiger partial charge in [0.1, 0.15) is 42.1 Å². The number of aryl methyl sites for hydroxylation is 1. The molecule has 0 spiro atoms. The molecule has 1 saturated carbocycles. The number of amides is 2. The second-order valence-electron chi connectivity index (χ2n) is 25.1. The number of nitrogen functional groups attached to an aromatic ring is 1. The molecular formula is C65H96N10O14. The van der Waals surface area contributed by atoms with Gasteiger partial charge in [0, 0.05) is 127 Å². The number of nitrogens with one attached hydrogen (secondary N) is 1. The molecule has 5 aliphatic rings. The molecule has 2 bridgehead atoms. The number of ether oxygens (including phenoxy) is 6. The third-order valence-electron chi connectivity index (χ3n) is 18.4. The van der Waals surface area contributed by atoms with E-state index in [1.807, 2.05) is 51.2 Å². The topological polar surface area (TPSA) is 324 Å². The van der Waals surface area contributed by atoms with E-state index in [4.69, 9.17) is 39.9 Å². The first kappa shape index (κ1) is 69.9. The summed E-state index contributed by atoms with van der Waals surface area (Å²) in [5.74, 6) is -6.99. The Morgan fingerprint density at radius 1 is 0.809 bits per heavy atom. The Bertz CT molecular complexity index is 2880. The van der Waals surface area contributed by atoms with Crippen LogP contribution in [0.15, 0.2) is 66.2 Å². The van der Waals surface area contributed by atoms with Crippen molar-refractivity contribution in [2.24, 2.45) is 35.3 Å². The van der Waals surface area contributed by atoms with Crippen LogP contribution in [0.5, 0.6) is 0 Å². The lowest BCUT2D eigenvalue weighted by Crippen LogP contribution is -2.61. The number of piperidine rings is 1. The molecule has 0 unspecified atom stereocenters. The number of alkyl carbamates (subject to hydrolysis) is 1. The molecule has 1 aliphatic carbocycles. The summed E-state index contributed by atoms with van der Waals surface area (Å²) in [7, 11) is 4.45. The normalized spacial score (nSPS) is 32.7. The predicted octanol–water partition coefficient (Wildman–Crippen LogP) is 5.60. The van der Waals surface area contributed by atoms with E-state index < -0.39 is 102 Å². The van der Waals surface area contributed by atoms with Crippen molar-refractivity contribution in [2.45, 2.75) is 193 Å². The SMILES string of the molecule is CO[C@H]1C[C@@H]2CC[C@@H](C)[C@@](O)(O2)C(=O)C(=O)N2CCCC[C@H]2C(=O)O[C@H]([C@H](N)C[C@@H]2CC[C@@H](OC(=O)NCc3cnc(N4CCN(c5ncc(C)c(N)n5)CC4)nc3)[C@H](OC)C2)CC(=O)[C@H](C)/C=C(\C)[C@@H](O)[C@@H](OC)C(=O)[C@H](C)C[C@H](C)/C=C/C=CC=C1C. The molecule has 4 fully saturated rings. The maximum absolute atomic E-state index is 14.7. The molecular weight excluding hydrogens is 1140 g/mol. The fourth-order valence-corrected chi connectivity index (χ4v) is 12.7. The molecule has 6 heterocycles. The van der Waals surface area contributed by atoms with Crippen LogP contribution in [-0.2, 0) is 58.9 Å². The Balaban J connectivity index is 1.04. The number of fused-ring (bicyclic) bond motifs is 3. The van der Waals surface area contributed by atoms with E-state index in [1.165, 1.54) is 14.2 Å². The van der Waals surface area contributed by atoms with Crippen molar-refractivity contribution in [3.63, 3.8) is 0 Å². The molecule has 24 nitrogen and oxygen atoms in total. The number of aromatic nitrogens is 4. The molecule has 0 aromatic carbocycles. The van der Waals surface area contributed by atoms with Crippen LogP contribution in [0.25, 0.3) is 0 Å². The first-order valence-corrected chi connectivity index (χ1v) is 31.5. The van der Waals surface area contributed by atoms with Gasteiger partial charge in [-0.3, -0.25) is 19.2 Å². The summed E-state index contributed by atoms with van der Waals surface area (Å²) in [5, 5.41) is 26.5. The number of methoxy groups -OCH3 is 3. The second kappa shape index (κ2) is 32.5. The van der Waals surface area contributed by atoms with Gasteiger partial charge in [-0.05, 0) is 108 Å². The Kier molecular flexibility index (Phi) is 25.5. The standard InChI is InChI=1S/C65H96N10O14/c1-38-16-12-11-13-17-39(2)52(84-8)32-47-21-19-44(7)65(83,89-47)58(79)60(80)75-23-15-14-18-49(75)61(81)87-53(33-50(76)40(3)29-42(5)56(78)57(86-10)55(77)41(4)28-38)48(66)30-45-20-22-51(54(31-45)85-9)88-64(82)71-37-46-35-69-62(70-36-46)73-24-26-74(27-25-73)63-68-34-43(6)59(67)72-63/h11-13,16-17,29,34-36,38,40-41,44-45,47-49,51-54,56-57,78,83H,14-15,18-28,30-33,37,66H2,1-10H3,(H,71,82)(H2,67,68,72)/b13-11?,16-12+,39-17?,42-29+/t38-,40-,41-,44-,45+,47+,48-,49+,51-,52+,53+,54-,56-,57+,65-/m1/s1. The number of hydrogen-bond donors (Lipinski definition) is 5. The highest BCUT2D eigenvalue weighted by atomic mass is 16.6. The number of nitrogens with two attached hydrogens (primary N) is 2. The molecule has 2 amide bonds. The summed E-state index contributed by atoms with van der Waals surface area (Å²) < 4.78 is 35.7. The highest BCUT2D eigenvalue weighted by Gasteiger charge is 2.53. The van der Waals surface area contributed by atoms with E-state index in [0.717, 1.165) is 16.0 Å². The maximum atomic E-state index is 14.7. The number of hydrogen-bond acceptors (Lipinski definition) is 22. The largest absolute Gasteiger partial charge is 0.459 e. The summed E-state index contributed by atoms with van der Waals surface area (Å²) in [6.45, 7) is 15.2. The van der Waals surface area contributed by atoms with Gasteiger partial charge < -0.3 is 70.1 Å². The lowest BCUT2D eigenvalue weighted by atomic mass is 9.80. The van der Waals surface area contributed by atoms with Crippen molar-refractivity contribution in [3.8, 4) is 0 Å². The van der Waals surface area contributed by atoms with Gasteiger partial charge in [-0.15, -0.1) is 0 Å². The highest BCUT2D eigenvalue weighted by molar-refractivity contribution is 6.39. The number of esters is 1. The third-order valence-corrected chi connectivity index (χ3v) is 18.4. The molecule has 89 heavy (non-hydrogen) atoms. The van der Waals surface area contributed by atoms with E-state index in [0.29, 0.717) is 106 Å². The zero-order valence-corrected chi connectivity index (χ0v) is 53.6. The van der Waals surface area contributed by atoms with Crippen LogP contribution in [0.2, 0.25) is 0 Å². The second-order valence-corrected chi connectivity index (χ2v) is 25.1. The Morgan fingerprint density at radius 3 is 2.18 bits per heavy atom. The third kappa shape index (κ3) is 18.3. The average Bonchev–Trinajstić information content (AvgIpc) is 3.24. The van der Waals surface area contributed by atoms with E-state index in [-0.39, 0.29) is 62.2 Å². The van der Waals surface area contributed by atoms with Crippen molar-refractivity contribution in [1.29, 1.82) is 0 Å². The Labute approximate surface area is 523 Å².